The number of carbonyl (C=O) groups is 2. The van der Waals surface area contributed by atoms with Crippen molar-refractivity contribution < 1.29 is 24.0 Å². The van der Waals surface area contributed by atoms with Crippen LogP contribution < -0.4 is 10.6 Å². The summed E-state index contributed by atoms with van der Waals surface area (Å²) in [5, 5.41) is 24.5. The maximum Gasteiger partial charge on any atom is 0.475 e. The maximum absolute atomic E-state index is 14.1. The summed E-state index contributed by atoms with van der Waals surface area (Å²) in [5.41, 5.74) is 0.490. The second-order valence-corrected chi connectivity index (χ2v) is 7.93. The van der Waals surface area contributed by atoms with Gasteiger partial charge < -0.3 is 20.7 Å². The van der Waals surface area contributed by atoms with E-state index >= 15 is 0 Å². The van der Waals surface area contributed by atoms with Crippen molar-refractivity contribution in [2.24, 2.45) is 5.92 Å². The zero-order valence-electron chi connectivity index (χ0n) is 16.8. The van der Waals surface area contributed by atoms with Crippen LogP contribution in [0.15, 0.2) is 48.5 Å². The highest BCUT2D eigenvalue weighted by molar-refractivity contribution is 6.43. The van der Waals surface area contributed by atoms with E-state index in [1.807, 2.05) is 19.9 Å². The molecule has 30 heavy (non-hydrogen) atoms. The molecule has 2 rings (SSSR count). The molecule has 0 spiro atoms. The molecule has 2 amide bonds. The summed E-state index contributed by atoms with van der Waals surface area (Å²) in [4.78, 5) is 25.5. The van der Waals surface area contributed by atoms with Crippen LogP contribution in [0.1, 0.15) is 36.2 Å². The monoisotopic (exact) mass is 434 g/mol. The third-order valence-electron chi connectivity index (χ3n) is 4.49. The number of carbonyl (C=O) groups excluding carboxylic acids is 2. The predicted molar refractivity (Wildman–Crippen MR) is 114 cm³/mol. The molecule has 0 aliphatic rings. The summed E-state index contributed by atoms with van der Waals surface area (Å²) in [6, 6.07) is 11.5. The molecule has 0 radical (unpaired) electrons. The van der Waals surface area contributed by atoms with Gasteiger partial charge in [-0.25, -0.2) is 4.39 Å². The molecule has 0 aliphatic carbocycles. The van der Waals surface area contributed by atoms with Gasteiger partial charge in [0.25, 0.3) is 5.91 Å². The molecule has 6 nitrogen and oxygen atoms in total. The van der Waals surface area contributed by atoms with E-state index < -0.39 is 36.7 Å². The van der Waals surface area contributed by atoms with Crippen molar-refractivity contribution in [3.8, 4) is 0 Å². The van der Waals surface area contributed by atoms with Crippen molar-refractivity contribution in [2.75, 3.05) is 0 Å². The highest BCUT2D eigenvalue weighted by Gasteiger charge is 2.30. The fourth-order valence-corrected chi connectivity index (χ4v) is 3.19. The Balaban J connectivity index is 2.24. The van der Waals surface area contributed by atoms with Gasteiger partial charge >= 0.3 is 7.12 Å². The molecule has 0 fully saturated rings. The average molecular weight is 435 g/mol. The average Bonchev–Trinajstić information content (AvgIpc) is 2.69. The Kier molecular flexibility index (Phi) is 8.83. The van der Waals surface area contributed by atoms with Gasteiger partial charge in [-0.1, -0.05) is 55.8 Å². The summed E-state index contributed by atoms with van der Waals surface area (Å²) in [6.07, 6.45) is 0.467. The van der Waals surface area contributed by atoms with Crippen LogP contribution in [0, 0.1) is 11.7 Å². The molecule has 2 atom stereocenters. The highest BCUT2D eigenvalue weighted by Crippen LogP contribution is 2.15. The summed E-state index contributed by atoms with van der Waals surface area (Å²) in [6.45, 7) is 3.76. The first-order valence-corrected chi connectivity index (χ1v) is 10.0. The lowest BCUT2D eigenvalue weighted by molar-refractivity contribution is -0.123. The van der Waals surface area contributed by atoms with E-state index in [0.717, 1.165) is 11.6 Å². The molecule has 0 saturated carbocycles. The van der Waals surface area contributed by atoms with E-state index in [1.54, 1.807) is 24.3 Å². The van der Waals surface area contributed by atoms with E-state index in [2.05, 4.69) is 10.6 Å². The molecular weight excluding hydrogens is 410 g/mol. The fraction of sp³-hybridized carbons (Fsp3) is 0.333. The molecule has 4 N–H and O–H groups in total. The van der Waals surface area contributed by atoms with Gasteiger partial charge in [0, 0.05) is 11.4 Å². The second kappa shape index (κ2) is 11.1. The van der Waals surface area contributed by atoms with E-state index in [0.29, 0.717) is 6.42 Å². The summed E-state index contributed by atoms with van der Waals surface area (Å²) >= 11 is 5.86. The number of rotatable bonds is 9. The summed E-state index contributed by atoms with van der Waals surface area (Å²) in [5.74, 6) is -2.97. The minimum Gasteiger partial charge on any atom is -0.426 e. The van der Waals surface area contributed by atoms with Gasteiger partial charge in [-0.3, -0.25) is 9.59 Å². The molecule has 9 heteroatoms. The SMILES string of the molecule is CC(C)C[C@H](NC(=O)[C@H](Cc1ccccc1)NC(=O)c1cc(Cl)ccc1F)B(O)O. The second-order valence-electron chi connectivity index (χ2n) is 7.50. The maximum atomic E-state index is 14.1. The molecule has 0 unspecified atom stereocenters. The van der Waals surface area contributed by atoms with E-state index in [4.69, 9.17) is 11.6 Å². The van der Waals surface area contributed by atoms with Crippen molar-refractivity contribution >= 4 is 30.5 Å². The Morgan fingerprint density at radius 2 is 1.77 bits per heavy atom. The number of hydrogen-bond donors (Lipinski definition) is 4. The topological polar surface area (TPSA) is 98.7 Å². The molecule has 2 aromatic carbocycles. The minimum atomic E-state index is -1.75. The van der Waals surface area contributed by atoms with Gasteiger partial charge in [0.2, 0.25) is 5.91 Å². The molecule has 0 aromatic heterocycles. The van der Waals surface area contributed by atoms with Crippen LogP contribution in [0.5, 0.6) is 0 Å². The molecule has 0 saturated heterocycles. The predicted octanol–water partition coefficient (Wildman–Crippen LogP) is 2.36. The normalized spacial score (nSPS) is 12.9. The number of amides is 2. The zero-order valence-corrected chi connectivity index (χ0v) is 17.6. The molecule has 0 bridgehead atoms. The first-order chi connectivity index (χ1) is 14.2. The standard InChI is InChI=1S/C21H25BClFN2O4/c1-13(2)10-19(22(29)30)26-21(28)18(11-14-6-4-3-5-7-14)25-20(27)16-12-15(23)8-9-17(16)24/h3-9,12-13,18-19,29-30H,10-11H2,1-2H3,(H,25,27)(H,26,28)/t18-,19-/m0/s1. The molecule has 0 heterocycles. The van der Waals surface area contributed by atoms with Gasteiger partial charge in [-0.15, -0.1) is 0 Å². The quantitative estimate of drug-likeness (QED) is 0.455. The van der Waals surface area contributed by atoms with Crippen molar-refractivity contribution in [3.05, 3.63) is 70.5 Å². The van der Waals surface area contributed by atoms with Gasteiger partial charge in [-0.2, -0.15) is 0 Å². The summed E-state index contributed by atoms with van der Waals surface area (Å²) < 4.78 is 14.1. The van der Waals surface area contributed by atoms with Crippen LogP contribution in [-0.2, 0) is 11.2 Å². The van der Waals surface area contributed by atoms with Crippen LogP contribution in [0.4, 0.5) is 4.39 Å². The Labute approximate surface area is 180 Å². The smallest absolute Gasteiger partial charge is 0.426 e. The highest BCUT2D eigenvalue weighted by atomic mass is 35.5. The van der Waals surface area contributed by atoms with Crippen LogP contribution in [0.2, 0.25) is 5.02 Å². The van der Waals surface area contributed by atoms with Gasteiger partial charge in [0.05, 0.1) is 11.5 Å². The van der Waals surface area contributed by atoms with Gasteiger partial charge in [-0.05, 0) is 36.1 Å². The van der Waals surface area contributed by atoms with Crippen LogP contribution in [0.25, 0.3) is 0 Å². The van der Waals surface area contributed by atoms with Crippen LogP contribution in [-0.4, -0.2) is 41.0 Å². The lowest BCUT2D eigenvalue weighted by Crippen LogP contribution is -2.55. The third-order valence-corrected chi connectivity index (χ3v) is 4.73. The van der Waals surface area contributed by atoms with Crippen molar-refractivity contribution in [2.45, 2.75) is 38.7 Å². The Morgan fingerprint density at radius 1 is 1.10 bits per heavy atom. The fourth-order valence-electron chi connectivity index (χ4n) is 3.01. The number of benzene rings is 2. The number of hydrogen-bond acceptors (Lipinski definition) is 4. The number of halogens is 2. The largest absolute Gasteiger partial charge is 0.475 e. The molecule has 160 valence electrons. The minimum absolute atomic E-state index is 0.0971. The van der Waals surface area contributed by atoms with Crippen molar-refractivity contribution in [3.63, 3.8) is 0 Å². The summed E-state index contributed by atoms with van der Waals surface area (Å²) in [7, 11) is -1.75. The Morgan fingerprint density at radius 3 is 2.37 bits per heavy atom. The third kappa shape index (κ3) is 7.13. The van der Waals surface area contributed by atoms with E-state index in [9.17, 15) is 24.0 Å². The van der Waals surface area contributed by atoms with Gasteiger partial charge in [0.15, 0.2) is 0 Å². The first-order valence-electron chi connectivity index (χ1n) is 9.63. The van der Waals surface area contributed by atoms with Gasteiger partial charge in [0.1, 0.15) is 11.9 Å². The lowest BCUT2D eigenvalue weighted by Gasteiger charge is -2.24. The molecular formula is C21H25BClFN2O4. The van der Waals surface area contributed by atoms with Crippen LogP contribution >= 0.6 is 11.6 Å². The van der Waals surface area contributed by atoms with E-state index in [-0.39, 0.29) is 22.9 Å². The molecule has 0 aliphatic heterocycles. The van der Waals surface area contributed by atoms with E-state index in [1.165, 1.54) is 12.1 Å². The van der Waals surface area contributed by atoms with Crippen molar-refractivity contribution in [1.82, 2.24) is 10.6 Å². The Hall–Kier alpha value is -2.42. The van der Waals surface area contributed by atoms with Crippen molar-refractivity contribution in [1.29, 1.82) is 0 Å². The number of nitrogens with one attached hydrogen (secondary N) is 2. The molecule has 2 aromatic rings. The first kappa shape index (κ1) is 23.9. The van der Waals surface area contributed by atoms with Crippen LogP contribution in [0.3, 0.4) is 0 Å². The Bertz CT molecular complexity index is 867. The lowest BCUT2D eigenvalue weighted by atomic mass is 9.75. The zero-order chi connectivity index (χ0) is 22.3.